The van der Waals surface area contributed by atoms with Gasteiger partial charge in [0.15, 0.2) is 5.78 Å². The zero-order valence-corrected chi connectivity index (χ0v) is 11.9. The minimum absolute atomic E-state index is 0.100. The molecule has 0 aliphatic heterocycles. The Balaban J connectivity index is 2.10. The number of Topliss-reactive ketones (excluding diaryl/α,β-unsaturated/α-hetero) is 1. The molecule has 2 aromatic rings. The number of thioether (sulfide) groups is 1. The highest BCUT2D eigenvalue weighted by Gasteiger charge is 1.97. The predicted octanol–water partition coefficient (Wildman–Crippen LogP) is 4.78. The molecule has 0 fully saturated rings. The summed E-state index contributed by atoms with van der Waals surface area (Å²) in [5, 5.41) is 0. The molecule has 2 rings (SSSR count). The molecule has 0 bridgehead atoms. The van der Waals surface area contributed by atoms with E-state index in [2.05, 4.69) is 42.7 Å². The Hall–Kier alpha value is -1.80. The Bertz CT molecular complexity index is 580. The van der Waals surface area contributed by atoms with Gasteiger partial charge in [-0.05, 0) is 36.4 Å². The third kappa shape index (κ3) is 3.83. The lowest BCUT2D eigenvalue weighted by atomic mass is 10.1. The van der Waals surface area contributed by atoms with Crippen molar-refractivity contribution < 1.29 is 4.79 Å². The first-order valence-electron chi connectivity index (χ1n) is 6.12. The average molecular weight is 268 g/mol. The third-order valence-electron chi connectivity index (χ3n) is 2.90. The van der Waals surface area contributed by atoms with Gasteiger partial charge in [0.2, 0.25) is 0 Å². The number of carbonyl (C=O) groups excluding carboxylic acids is 1. The number of hydrogen-bond acceptors (Lipinski definition) is 2. The highest BCUT2D eigenvalue weighted by Crippen LogP contribution is 2.16. The second-order valence-corrected chi connectivity index (χ2v) is 5.16. The van der Waals surface area contributed by atoms with Gasteiger partial charge in [-0.1, -0.05) is 48.6 Å². The molecule has 0 heterocycles. The van der Waals surface area contributed by atoms with Crippen molar-refractivity contribution in [1.29, 1.82) is 0 Å². The first-order chi connectivity index (χ1) is 9.19. The van der Waals surface area contributed by atoms with Crippen LogP contribution in [0.3, 0.4) is 0 Å². The van der Waals surface area contributed by atoms with Gasteiger partial charge in [-0.3, -0.25) is 4.79 Å². The molecule has 96 valence electrons. The summed E-state index contributed by atoms with van der Waals surface area (Å²) in [6.45, 7) is 1.58. The molecule has 0 aliphatic carbocycles. The van der Waals surface area contributed by atoms with Gasteiger partial charge in [-0.25, -0.2) is 0 Å². The van der Waals surface area contributed by atoms with Gasteiger partial charge in [0.05, 0.1) is 0 Å². The minimum atomic E-state index is 0.100. The van der Waals surface area contributed by atoms with E-state index in [4.69, 9.17) is 0 Å². The molecule has 0 amide bonds. The fourth-order valence-corrected chi connectivity index (χ4v) is 2.14. The van der Waals surface area contributed by atoms with Crippen molar-refractivity contribution in [3.05, 3.63) is 65.2 Å². The average Bonchev–Trinajstić information content (AvgIpc) is 2.46. The molecular formula is C17H16OS. The quantitative estimate of drug-likeness (QED) is 0.451. The van der Waals surface area contributed by atoms with Crippen molar-refractivity contribution in [3.8, 4) is 0 Å². The summed E-state index contributed by atoms with van der Waals surface area (Å²) in [5.41, 5.74) is 3.02. The molecule has 2 heteroatoms. The van der Waals surface area contributed by atoms with E-state index in [0.29, 0.717) is 0 Å². The van der Waals surface area contributed by atoms with Gasteiger partial charge in [0, 0.05) is 10.5 Å². The van der Waals surface area contributed by atoms with Crippen LogP contribution in [0.5, 0.6) is 0 Å². The molecule has 0 N–H and O–H groups in total. The van der Waals surface area contributed by atoms with Crippen molar-refractivity contribution in [2.75, 3.05) is 6.26 Å². The monoisotopic (exact) mass is 268 g/mol. The Labute approximate surface area is 118 Å². The molecule has 1 nitrogen and oxygen atoms in total. The van der Waals surface area contributed by atoms with Crippen molar-refractivity contribution in [2.45, 2.75) is 11.8 Å². The fraction of sp³-hybridized carbons (Fsp3) is 0.118. The number of ketones is 1. The van der Waals surface area contributed by atoms with Crippen LogP contribution >= 0.6 is 11.8 Å². The summed E-state index contributed by atoms with van der Waals surface area (Å²) >= 11 is 1.74. The zero-order valence-electron chi connectivity index (χ0n) is 11.1. The van der Waals surface area contributed by atoms with Crippen molar-refractivity contribution in [2.24, 2.45) is 0 Å². The summed E-state index contributed by atoms with van der Waals surface area (Å²) in [6.07, 6.45) is 6.20. The van der Waals surface area contributed by atoms with Crippen molar-refractivity contribution >= 4 is 29.7 Å². The van der Waals surface area contributed by atoms with Crippen LogP contribution < -0.4 is 0 Å². The second kappa shape index (κ2) is 6.39. The van der Waals surface area contributed by atoms with Crippen LogP contribution in [0.15, 0.2) is 53.4 Å². The van der Waals surface area contributed by atoms with Crippen LogP contribution in [0, 0.1) is 0 Å². The summed E-state index contributed by atoms with van der Waals surface area (Å²) < 4.78 is 0. The molecule has 0 radical (unpaired) electrons. The molecule has 0 aromatic heterocycles. The van der Waals surface area contributed by atoms with E-state index < -0.39 is 0 Å². The molecule has 2 aromatic carbocycles. The van der Waals surface area contributed by atoms with Crippen LogP contribution in [-0.2, 0) is 0 Å². The normalized spacial score (nSPS) is 10.8. The van der Waals surface area contributed by atoms with E-state index in [9.17, 15) is 4.79 Å². The molecule has 0 saturated heterocycles. The molecule has 0 spiro atoms. The second-order valence-electron chi connectivity index (χ2n) is 4.28. The lowest BCUT2D eigenvalue weighted by molar-refractivity contribution is 0.101. The maximum atomic E-state index is 11.2. The van der Waals surface area contributed by atoms with E-state index in [1.165, 1.54) is 10.5 Å². The summed E-state index contributed by atoms with van der Waals surface area (Å²) in [5.74, 6) is 0.100. The van der Waals surface area contributed by atoms with Crippen LogP contribution in [0.2, 0.25) is 0 Å². The van der Waals surface area contributed by atoms with Crippen molar-refractivity contribution in [1.82, 2.24) is 0 Å². The lowest BCUT2D eigenvalue weighted by Crippen LogP contribution is -1.90. The Kier molecular flexibility index (Phi) is 4.58. The van der Waals surface area contributed by atoms with Crippen molar-refractivity contribution in [3.63, 3.8) is 0 Å². The van der Waals surface area contributed by atoms with Gasteiger partial charge in [0.1, 0.15) is 0 Å². The van der Waals surface area contributed by atoms with Gasteiger partial charge < -0.3 is 0 Å². The maximum Gasteiger partial charge on any atom is 0.159 e. The summed E-state index contributed by atoms with van der Waals surface area (Å²) in [7, 11) is 0. The maximum absolute atomic E-state index is 11.2. The molecule has 0 atom stereocenters. The van der Waals surface area contributed by atoms with Gasteiger partial charge >= 0.3 is 0 Å². The SMILES string of the molecule is CSc1ccc(/C=C/c2ccc(C(C)=O)cc2)cc1. The highest BCUT2D eigenvalue weighted by atomic mass is 32.2. The topological polar surface area (TPSA) is 17.1 Å². The fourth-order valence-electron chi connectivity index (χ4n) is 1.74. The minimum Gasteiger partial charge on any atom is -0.295 e. The number of carbonyl (C=O) groups is 1. The number of benzene rings is 2. The predicted molar refractivity (Wildman–Crippen MR) is 83.6 cm³/mol. The Morgan fingerprint density at radius 3 is 1.79 bits per heavy atom. The van der Waals surface area contributed by atoms with E-state index in [0.717, 1.165) is 11.1 Å². The van der Waals surface area contributed by atoms with E-state index in [1.54, 1.807) is 18.7 Å². The smallest absolute Gasteiger partial charge is 0.159 e. The molecule has 19 heavy (non-hydrogen) atoms. The van der Waals surface area contributed by atoms with E-state index in [-0.39, 0.29) is 5.78 Å². The summed E-state index contributed by atoms with van der Waals surface area (Å²) in [6, 6.07) is 16.1. The molecular weight excluding hydrogens is 252 g/mol. The zero-order chi connectivity index (χ0) is 13.7. The molecule has 0 unspecified atom stereocenters. The largest absolute Gasteiger partial charge is 0.295 e. The molecule has 0 aliphatic rings. The van der Waals surface area contributed by atoms with Gasteiger partial charge in [-0.2, -0.15) is 0 Å². The Morgan fingerprint density at radius 1 is 0.895 bits per heavy atom. The molecule has 0 saturated carbocycles. The summed E-state index contributed by atoms with van der Waals surface area (Å²) in [4.78, 5) is 12.4. The van der Waals surface area contributed by atoms with Crippen LogP contribution in [0.4, 0.5) is 0 Å². The third-order valence-corrected chi connectivity index (χ3v) is 3.64. The van der Waals surface area contributed by atoms with Gasteiger partial charge in [-0.15, -0.1) is 11.8 Å². The van der Waals surface area contributed by atoms with Crippen LogP contribution in [0.25, 0.3) is 12.2 Å². The Morgan fingerprint density at radius 2 is 1.37 bits per heavy atom. The van der Waals surface area contributed by atoms with Gasteiger partial charge in [0.25, 0.3) is 0 Å². The highest BCUT2D eigenvalue weighted by molar-refractivity contribution is 7.98. The first kappa shape index (κ1) is 13.6. The van der Waals surface area contributed by atoms with E-state index in [1.807, 2.05) is 24.3 Å². The first-order valence-corrected chi connectivity index (χ1v) is 7.34. The van der Waals surface area contributed by atoms with Crippen LogP contribution in [-0.4, -0.2) is 12.0 Å². The standard InChI is InChI=1S/C17H16OS/c1-13(18)16-9-5-14(6-10-16)3-4-15-7-11-17(19-2)12-8-15/h3-12H,1-2H3/b4-3+. The number of rotatable bonds is 4. The van der Waals surface area contributed by atoms with Crippen LogP contribution in [0.1, 0.15) is 28.4 Å². The van der Waals surface area contributed by atoms with E-state index >= 15 is 0 Å². The lowest BCUT2D eigenvalue weighted by Gasteiger charge is -1.98. The number of hydrogen-bond donors (Lipinski definition) is 0.